The zero-order valence-electron chi connectivity index (χ0n) is 22.4. The monoisotopic (exact) mass is 529 g/mol. The average Bonchev–Trinajstić information content (AvgIpc) is 2.96. The number of nitrogens with zero attached hydrogens (tertiary/aromatic N) is 3. The summed E-state index contributed by atoms with van der Waals surface area (Å²) in [4.78, 5) is 19.9. The van der Waals surface area contributed by atoms with Gasteiger partial charge in [-0.2, -0.15) is 5.26 Å². The van der Waals surface area contributed by atoms with E-state index >= 15 is 0 Å². The van der Waals surface area contributed by atoms with Crippen LogP contribution in [0.3, 0.4) is 0 Å². The number of methoxy groups -OCH3 is 2. The second-order valence-corrected chi connectivity index (χ2v) is 9.71. The van der Waals surface area contributed by atoms with Crippen LogP contribution in [0.2, 0.25) is 0 Å². The third kappa shape index (κ3) is 7.12. The summed E-state index contributed by atoms with van der Waals surface area (Å²) >= 11 is 0. The minimum atomic E-state index is -0.506. The maximum atomic E-state index is 13.1. The Morgan fingerprint density at radius 2 is 2.00 bits per heavy atom. The first kappa shape index (κ1) is 28.0. The largest absolute Gasteiger partial charge is 0.495 e. The molecule has 3 aromatic rings. The number of benzene rings is 2. The molecule has 3 N–H and O–H groups in total. The molecule has 1 unspecified atom stereocenters. The van der Waals surface area contributed by atoms with Crippen LogP contribution in [0.25, 0.3) is 22.0 Å². The van der Waals surface area contributed by atoms with Crippen LogP contribution < -0.4 is 15.4 Å². The standard InChI is InChI=1S/C30H35N5O4/c1-20(16-31)17-32-29-25-15-22(8-7-21(25)9-10-28(29)39-3)26-5-4-6-27(34-26)30(37)33-23-11-13-35(14-12-23)18-24(36)19-38-2/h4-10,15,23-24,32,36H,1,11-14,17-19H2,2-3H3,(H,33,37). The molecule has 1 atom stereocenters. The molecule has 1 amide bonds. The quantitative estimate of drug-likeness (QED) is 0.322. The van der Waals surface area contributed by atoms with Gasteiger partial charge in [-0.25, -0.2) is 4.98 Å². The van der Waals surface area contributed by atoms with Gasteiger partial charge >= 0.3 is 0 Å². The fourth-order valence-electron chi connectivity index (χ4n) is 4.83. The van der Waals surface area contributed by atoms with Gasteiger partial charge in [-0.15, -0.1) is 0 Å². The first-order valence-corrected chi connectivity index (χ1v) is 13.0. The number of anilines is 1. The summed E-state index contributed by atoms with van der Waals surface area (Å²) in [7, 11) is 3.18. The SMILES string of the molecule is C=C(C#N)CNc1c(OC)ccc2ccc(-c3cccc(C(=O)NC4CCN(CC(O)COC)CC4)n3)cc12. The van der Waals surface area contributed by atoms with Gasteiger partial charge in [-0.3, -0.25) is 4.79 Å². The number of rotatable bonds is 11. The van der Waals surface area contributed by atoms with Crippen molar-refractivity contribution in [2.75, 3.05) is 52.3 Å². The fraction of sp³-hybridized carbons (Fsp3) is 0.367. The van der Waals surface area contributed by atoms with Gasteiger partial charge in [0.15, 0.2) is 0 Å². The van der Waals surface area contributed by atoms with Gasteiger partial charge in [-0.1, -0.05) is 30.8 Å². The van der Waals surface area contributed by atoms with E-state index in [2.05, 4.69) is 33.2 Å². The van der Waals surface area contributed by atoms with E-state index in [0.29, 0.717) is 42.4 Å². The van der Waals surface area contributed by atoms with E-state index in [4.69, 9.17) is 14.7 Å². The number of carbonyl (C=O) groups is 1. The van der Waals surface area contributed by atoms with Crippen molar-refractivity contribution in [3.8, 4) is 23.1 Å². The number of piperidine rings is 1. The van der Waals surface area contributed by atoms with Crippen molar-refractivity contribution in [1.82, 2.24) is 15.2 Å². The van der Waals surface area contributed by atoms with Gasteiger partial charge in [0.25, 0.3) is 5.91 Å². The van der Waals surface area contributed by atoms with Crippen molar-refractivity contribution in [2.45, 2.75) is 25.0 Å². The van der Waals surface area contributed by atoms with Crippen LogP contribution in [0.15, 0.2) is 60.7 Å². The molecule has 0 radical (unpaired) electrons. The molecule has 0 spiro atoms. The number of carbonyl (C=O) groups excluding carboxylic acids is 1. The Morgan fingerprint density at radius 1 is 1.23 bits per heavy atom. The molecule has 1 aromatic heterocycles. The number of aliphatic hydroxyl groups excluding tert-OH is 1. The summed E-state index contributed by atoms with van der Waals surface area (Å²) in [5.74, 6) is 0.459. The van der Waals surface area contributed by atoms with Crippen LogP contribution >= 0.6 is 0 Å². The molecule has 9 nitrogen and oxygen atoms in total. The maximum absolute atomic E-state index is 13.1. The predicted molar refractivity (Wildman–Crippen MR) is 152 cm³/mol. The number of likely N-dealkylation sites (tertiary alicyclic amines) is 1. The summed E-state index contributed by atoms with van der Waals surface area (Å²) in [5.41, 5.74) is 3.08. The highest BCUT2D eigenvalue weighted by Crippen LogP contribution is 2.35. The number of pyridine rings is 1. The molecule has 0 bridgehead atoms. The van der Waals surface area contributed by atoms with Gasteiger partial charge < -0.3 is 30.1 Å². The number of β-amino-alcohol motifs (C(OH)–C–C–N with tert-alkyl or cyclic N) is 1. The van der Waals surface area contributed by atoms with Crippen LogP contribution in [-0.4, -0.2) is 80.0 Å². The predicted octanol–water partition coefficient (Wildman–Crippen LogP) is 3.60. The van der Waals surface area contributed by atoms with Gasteiger partial charge in [-0.05, 0) is 42.5 Å². The smallest absolute Gasteiger partial charge is 0.270 e. The minimum absolute atomic E-state index is 0.0590. The molecule has 39 heavy (non-hydrogen) atoms. The molecule has 1 aliphatic rings. The van der Waals surface area contributed by atoms with Crippen LogP contribution in [0, 0.1) is 11.3 Å². The van der Waals surface area contributed by atoms with E-state index in [1.807, 2.05) is 42.5 Å². The van der Waals surface area contributed by atoms with E-state index in [-0.39, 0.29) is 11.9 Å². The maximum Gasteiger partial charge on any atom is 0.270 e. The number of aromatic nitrogens is 1. The molecular formula is C30H35N5O4. The first-order valence-electron chi connectivity index (χ1n) is 13.0. The van der Waals surface area contributed by atoms with E-state index in [0.717, 1.165) is 48.0 Å². The lowest BCUT2D eigenvalue weighted by molar-refractivity contribution is 0.0309. The lowest BCUT2D eigenvalue weighted by Crippen LogP contribution is -2.47. The molecule has 204 valence electrons. The Morgan fingerprint density at radius 3 is 2.72 bits per heavy atom. The molecule has 2 heterocycles. The summed E-state index contributed by atoms with van der Waals surface area (Å²) in [6.07, 6.45) is 1.12. The highest BCUT2D eigenvalue weighted by atomic mass is 16.5. The molecule has 9 heteroatoms. The topological polar surface area (TPSA) is 120 Å². The number of fused-ring (bicyclic) bond motifs is 1. The minimum Gasteiger partial charge on any atom is -0.495 e. The zero-order chi connectivity index (χ0) is 27.8. The molecular weight excluding hydrogens is 494 g/mol. The van der Waals surface area contributed by atoms with Gasteiger partial charge in [0.05, 0.1) is 37.3 Å². The highest BCUT2D eigenvalue weighted by Gasteiger charge is 2.23. The van der Waals surface area contributed by atoms with Crippen molar-refractivity contribution in [1.29, 1.82) is 5.26 Å². The normalized spacial score (nSPS) is 14.9. The van der Waals surface area contributed by atoms with Gasteiger partial charge in [0.2, 0.25) is 0 Å². The van der Waals surface area contributed by atoms with Crippen LogP contribution in [0.5, 0.6) is 5.75 Å². The second-order valence-electron chi connectivity index (χ2n) is 9.71. The lowest BCUT2D eigenvalue weighted by atomic mass is 10.0. The van der Waals surface area contributed by atoms with E-state index < -0.39 is 6.10 Å². The Bertz CT molecular complexity index is 1360. The van der Waals surface area contributed by atoms with Crippen molar-refractivity contribution < 1.29 is 19.4 Å². The van der Waals surface area contributed by atoms with E-state index in [9.17, 15) is 9.90 Å². The number of aliphatic hydroxyl groups is 1. The Labute approximate surface area is 229 Å². The number of hydrogen-bond donors (Lipinski definition) is 3. The van der Waals surface area contributed by atoms with Crippen LogP contribution in [-0.2, 0) is 4.74 Å². The van der Waals surface area contributed by atoms with E-state index in [1.165, 1.54) is 0 Å². The second kappa shape index (κ2) is 13.2. The fourth-order valence-corrected chi connectivity index (χ4v) is 4.83. The summed E-state index contributed by atoms with van der Waals surface area (Å²) < 4.78 is 10.6. The zero-order valence-corrected chi connectivity index (χ0v) is 22.4. The number of ether oxygens (including phenoxy) is 2. The third-order valence-corrected chi connectivity index (χ3v) is 6.87. The van der Waals surface area contributed by atoms with Crippen molar-refractivity contribution in [3.05, 3.63) is 66.4 Å². The summed E-state index contributed by atoms with van der Waals surface area (Å²) in [6, 6.07) is 17.4. The van der Waals surface area contributed by atoms with Crippen molar-refractivity contribution in [3.63, 3.8) is 0 Å². The highest BCUT2D eigenvalue weighted by molar-refractivity contribution is 5.99. The van der Waals surface area contributed by atoms with Gasteiger partial charge in [0.1, 0.15) is 11.4 Å². The van der Waals surface area contributed by atoms with Crippen LogP contribution in [0.1, 0.15) is 23.3 Å². The number of hydrogen-bond acceptors (Lipinski definition) is 8. The average molecular weight is 530 g/mol. The molecule has 0 aliphatic carbocycles. The number of nitriles is 1. The van der Waals surface area contributed by atoms with E-state index in [1.54, 1.807) is 20.3 Å². The molecule has 1 fully saturated rings. The molecule has 0 saturated carbocycles. The number of amides is 1. The van der Waals surface area contributed by atoms with Crippen LogP contribution in [0.4, 0.5) is 5.69 Å². The number of nitrogens with one attached hydrogen (secondary N) is 2. The molecule has 2 aromatic carbocycles. The Hall–Kier alpha value is -3.97. The molecule has 4 rings (SSSR count). The molecule has 1 saturated heterocycles. The lowest BCUT2D eigenvalue weighted by Gasteiger charge is -2.33. The van der Waals surface area contributed by atoms with Gasteiger partial charge in [0, 0.05) is 55.9 Å². The summed E-state index contributed by atoms with van der Waals surface area (Å²) in [6.45, 7) is 6.55. The summed E-state index contributed by atoms with van der Waals surface area (Å²) in [5, 5.41) is 27.4. The Balaban J connectivity index is 1.48. The third-order valence-electron chi connectivity index (χ3n) is 6.87. The Kier molecular flexibility index (Phi) is 9.49. The molecule has 1 aliphatic heterocycles. The first-order chi connectivity index (χ1) is 18.9. The van der Waals surface area contributed by atoms with Crippen molar-refractivity contribution >= 4 is 22.4 Å². The van der Waals surface area contributed by atoms with Crippen molar-refractivity contribution in [2.24, 2.45) is 0 Å².